The SMILES string of the molecule is C/C=C(\C)C(=O)N1CCOC2(CCN(Cc3cc(CCNC[C@H](O)c4ccc(C)c5[nH]c(=O)sc45)cs3)CC2)C1. The number of ether oxygens (including phenoxy) is 1. The highest BCUT2D eigenvalue weighted by Gasteiger charge is 2.41. The van der Waals surface area contributed by atoms with Gasteiger partial charge in [0.15, 0.2) is 0 Å². The zero-order valence-corrected chi connectivity index (χ0v) is 25.3. The van der Waals surface area contributed by atoms with Crippen LogP contribution in [0.3, 0.4) is 0 Å². The number of thiazole rings is 1. The van der Waals surface area contributed by atoms with Gasteiger partial charge in [-0.3, -0.25) is 14.5 Å². The van der Waals surface area contributed by atoms with Gasteiger partial charge >= 0.3 is 4.87 Å². The molecule has 3 N–H and O–H groups in total. The summed E-state index contributed by atoms with van der Waals surface area (Å²) in [5, 5.41) is 16.4. The first-order valence-electron chi connectivity index (χ1n) is 14.1. The lowest BCUT2D eigenvalue weighted by Gasteiger charge is -2.47. The highest BCUT2D eigenvalue weighted by atomic mass is 32.1. The van der Waals surface area contributed by atoms with Gasteiger partial charge in [-0.05, 0) is 69.2 Å². The van der Waals surface area contributed by atoms with Gasteiger partial charge < -0.3 is 25.0 Å². The number of rotatable bonds is 9. The number of carbonyl (C=O) groups is 1. The second-order valence-electron chi connectivity index (χ2n) is 11.1. The van der Waals surface area contributed by atoms with Gasteiger partial charge in [0.2, 0.25) is 5.91 Å². The maximum Gasteiger partial charge on any atom is 0.305 e. The molecule has 0 unspecified atom stereocenters. The number of morpholine rings is 1. The van der Waals surface area contributed by atoms with Crippen LogP contribution >= 0.6 is 22.7 Å². The van der Waals surface area contributed by atoms with Crippen molar-refractivity contribution < 1.29 is 14.6 Å². The van der Waals surface area contributed by atoms with Crippen molar-refractivity contribution in [2.24, 2.45) is 0 Å². The number of H-pyrrole nitrogens is 1. The number of nitrogens with zero attached hydrogens (tertiary/aromatic N) is 2. The van der Waals surface area contributed by atoms with Crippen LogP contribution in [-0.4, -0.2) is 77.3 Å². The largest absolute Gasteiger partial charge is 0.387 e. The minimum atomic E-state index is -0.666. The number of amides is 1. The Balaban J connectivity index is 1.06. The summed E-state index contributed by atoms with van der Waals surface area (Å²) in [6.45, 7) is 11.8. The Labute approximate surface area is 243 Å². The molecular formula is C30H40N4O4S2. The number of fused-ring (bicyclic) bond motifs is 1. The number of likely N-dealkylation sites (tertiary alicyclic amines) is 1. The molecule has 4 heterocycles. The van der Waals surface area contributed by atoms with E-state index in [1.807, 2.05) is 43.9 Å². The minimum Gasteiger partial charge on any atom is -0.387 e. The van der Waals surface area contributed by atoms with Gasteiger partial charge in [0, 0.05) is 48.7 Å². The molecule has 216 valence electrons. The summed E-state index contributed by atoms with van der Waals surface area (Å²) in [7, 11) is 0. The van der Waals surface area contributed by atoms with Crippen molar-refractivity contribution in [2.75, 3.05) is 45.9 Å². The summed E-state index contributed by atoms with van der Waals surface area (Å²) >= 11 is 2.96. The molecule has 3 aromatic rings. The highest BCUT2D eigenvalue weighted by Crippen LogP contribution is 2.32. The average Bonchev–Trinajstić information content (AvgIpc) is 3.58. The van der Waals surface area contributed by atoms with Crippen molar-refractivity contribution in [3.05, 3.63) is 66.5 Å². The van der Waals surface area contributed by atoms with Crippen LogP contribution in [0.1, 0.15) is 54.4 Å². The van der Waals surface area contributed by atoms with E-state index < -0.39 is 6.10 Å². The average molecular weight is 585 g/mol. The molecule has 1 spiro atoms. The molecule has 2 saturated heterocycles. The number of aromatic amines is 1. The summed E-state index contributed by atoms with van der Waals surface area (Å²) in [5.41, 5.74) is 4.53. The maximum atomic E-state index is 12.7. The molecule has 1 aromatic carbocycles. The lowest BCUT2D eigenvalue weighted by Crippen LogP contribution is -2.58. The molecule has 0 radical (unpaired) electrons. The molecule has 10 heteroatoms. The van der Waals surface area contributed by atoms with E-state index in [0.717, 1.165) is 83.7 Å². The number of aromatic nitrogens is 1. The van der Waals surface area contributed by atoms with E-state index in [9.17, 15) is 14.7 Å². The Hall–Kier alpha value is -2.34. The van der Waals surface area contributed by atoms with Crippen molar-refractivity contribution >= 4 is 38.8 Å². The number of allylic oxidation sites excluding steroid dienone is 1. The van der Waals surface area contributed by atoms with Gasteiger partial charge in [-0.2, -0.15) is 0 Å². The number of hydrogen-bond donors (Lipinski definition) is 3. The summed E-state index contributed by atoms with van der Waals surface area (Å²) < 4.78 is 7.10. The zero-order chi connectivity index (χ0) is 28.3. The third kappa shape index (κ3) is 6.58. The van der Waals surface area contributed by atoms with Crippen LogP contribution in [0.25, 0.3) is 10.2 Å². The van der Waals surface area contributed by atoms with Crippen LogP contribution in [0.5, 0.6) is 0 Å². The number of carbonyl (C=O) groups excluding carboxylic acids is 1. The third-order valence-electron chi connectivity index (χ3n) is 8.27. The van der Waals surface area contributed by atoms with Crippen LogP contribution in [-0.2, 0) is 22.5 Å². The zero-order valence-electron chi connectivity index (χ0n) is 23.6. The van der Waals surface area contributed by atoms with E-state index in [1.54, 1.807) is 11.3 Å². The summed E-state index contributed by atoms with van der Waals surface area (Å²) in [6.07, 6.45) is 4.02. The van der Waals surface area contributed by atoms with Crippen LogP contribution in [0, 0.1) is 6.92 Å². The smallest absolute Gasteiger partial charge is 0.305 e. The van der Waals surface area contributed by atoms with Crippen LogP contribution < -0.4 is 10.2 Å². The Morgan fingerprint density at radius 3 is 2.88 bits per heavy atom. The van der Waals surface area contributed by atoms with Crippen molar-refractivity contribution in [3.63, 3.8) is 0 Å². The number of hydrogen-bond acceptors (Lipinski definition) is 8. The summed E-state index contributed by atoms with van der Waals surface area (Å²) in [6, 6.07) is 6.16. The Morgan fingerprint density at radius 2 is 2.10 bits per heavy atom. The Bertz CT molecular complexity index is 1420. The first-order valence-corrected chi connectivity index (χ1v) is 15.8. The monoisotopic (exact) mass is 584 g/mol. The predicted octanol–water partition coefficient (Wildman–Crippen LogP) is 3.98. The van der Waals surface area contributed by atoms with Gasteiger partial charge in [0.25, 0.3) is 0 Å². The molecule has 0 aliphatic carbocycles. The molecule has 2 fully saturated rings. The molecule has 1 amide bonds. The number of piperidine rings is 1. The second-order valence-corrected chi connectivity index (χ2v) is 13.1. The van der Waals surface area contributed by atoms with E-state index in [-0.39, 0.29) is 16.4 Å². The van der Waals surface area contributed by atoms with E-state index in [0.29, 0.717) is 26.2 Å². The first-order chi connectivity index (χ1) is 19.3. The van der Waals surface area contributed by atoms with Gasteiger partial charge in [-0.25, -0.2) is 0 Å². The van der Waals surface area contributed by atoms with E-state index in [2.05, 4.69) is 26.6 Å². The Morgan fingerprint density at radius 1 is 1.30 bits per heavy atom. The van der Waals surface area contributed by atoms with Crippen LogP contribution in [0.15, 0.2) is 40.0 Å². The fourth-order valence-corrected chi connectivity index (χ4v) is 7.64. The maximum absolute atomic E-state index is 12.7. The fraction of sp³-hybridized carbons (Fsp3) is 0.533. The molecule has 5 rings (SSSR count). The molecule has 0 saturated carbocycles. The van der Waals surface area contributed by atoms with Gasteiger partial charge in [-0.1, -0.05) is 29.5 Å². The summed E-state index contributed by atoms with van der Waals surface area (Å²) in [5.74, 6) is 0.133. The van der Waals surface area contributed by atoms with Crippen LogP contribution in [0.4, 0.5) is 0 Å². The predicted molar refractivity (Wildman–Crippen MR) is 162 cm³/mol. The van der Waals surface area contributed by atoms with Crippen molar-refractivity contribution in [3.8, 4) is 0 Å². The number of aliphatic hydroxyl groups excluding tert-OH is 1. The number of thiophene rings is 1. The van der Waals surface area contributed by atoms with Gasteiger partial charge in [-0.15, -0.1) is 11.3 Å². The van der Waals surface area contributed by atoms with E-state index in [4.69, 9.17) is 4.74 Å². The molecule has 1 atom stereocenters. The minimum absolute atomic E-state index is 0.0939. The molecule has 2 aliphatic rings. The van der Waals surface area contributed by atoms with Gasteiger partial charge in [0.05, 0.1) is 35.1 Å². The summed E-state index contributed by atoms with van der Waals surface area (Å²) in [4.78, 5) is 33.1. The third-order valence-corrected chi connectivity index (χ3v) is 10.2. The molecule has 2 aliphatic heterocycles. The molecule has 40 heavy (non-hydrogen) atoms. The topological polar surface area (TPSA) is 97.9 Å². The fourth-order valence-electron chi connectivity index (χ4n) is 5.70. The number of benzene rings is 1. The van der Waals surface area contributed by atoms with E-state index >= 15 is 0 Å². The molecule has 8 nitrogen and oxygen atoms in total. The first kappa shape index (κ1) is 29.2. The van der Waals surface area contributed by atoms with E-state index in [1.165, 1.54) is 10.4 Å². The molecular weight excluding hydrogens is 544 g/mol. The lowest BCUT2D eigenvalue weighted by molar-refractivity contribution is -0.156. The standard InChI is InChI=1S/C30H40N4O4S2/c1-4-20(2)28(36)34-13-14-38-30(19-34)8-11-33(12-9-30)17-23-15-22(18-39-23)7-10-31-16-25(35)24-6-5-21(3)26-27(24)40-29(37)32-26/h4-6,15,18,25,31,35H,7-14,16-17,19H2,1-3H3,(H,32,37)/b20-4+/t25-/m0/s1. The highest BCUT2D eigenvalue weighted by molar-refractivity contribution is 7.16. The van der Waals surface area contributed by atoms with Crippen molar-refractivity contribution in [2.45, 2.75) is 58.3 Å². The van der Waals surface area contributed by atoms with Gasteiger partial charge in [0.1, 0.15) is 0 Å². The quantitative estimate of drug-likeness (QED) is 0.260. The Kier molecular flexibility index (Phi) is 9.24. The second kappa shape index (κ2) is 12.7. The van der Waals surface area contributed by atoms with Crippen LogP contribution in [0.2, 0.25) is 0 Å². The lowest BCUT2D eigenvalue weighted by atomic mass is 9.89. The number of aryl methyl sites for hydroxylation is 1. The van der Waals surface area contributed by atoms with Crippen molar-refractivity contribution in [1.82, 2.24) is 20.1 Å². The molecule has 0 bridgehead atoms. The normalized spacial score (nSPS) is 19.0. The molecule has 2 aromatic heterocycles. The number of aliphatic hydroxyl groups is 1. The van der Waals surface area contributed by atoms with Crippen molar-refractivity contribution in [1.29, 1.82) is 0 Å². The number of nitrogens with one attached hydrogen (secondary N) is 2.